The van der Waals surface area contributed by atoms with Crippen molar-refractivity contribution in [1.29, 1.82) is 0 Å². The summed E-state index contributed by atoms with van der Waals surface area (Å²) in [6, 6.07) is 10.9. The molecule has 3 aromatic rings. The lowest BCUT2D eigenvalue weighted by Gasteiger charge is -2.13. The van der Waals surface area contributed by atoms with Crippen LogP contribution in [0.3, 0.4) is 0 Å². The van der Waals surface area contributed by atoms with E-state index >= 15 is 0 Å². The Morgan fingerprint density at radius 1 is 1.10 bits per heavy atom. The first kappa shape index (κ1) is 23.1. The van der Waals surface area contributed by atoms with Crippen LogP contribution >= 0.6 is 23.2 Å². The summed E-state index contributed by atoms with van der Waals surface area (Å²) in [6.45, 7) is 6.62. The van der Waals surface area contributed by atoms with E-state index in [-0.39, 0.29) is 12.3 Å². The van der Waals surface area contributed by atoms with Gasteiger partial charge in [-0.3, -0.25) is 4.79 Å². The first-order valence-electron chi connectivity index (χ1n) is 9.83. The molecule has 0 fully saturated rings. The number of ether oxygens (including phenoxy) is 2. The Morgan fingerprint density at radius 2 is 1.87 bits per heavy atom. The molecule has 1 N–H and O–H groups in total. The zero-order valence-corrected chi connectivity index (χ0v) is 19.5. The van der Waals surface area contributed by atoms with Crippen molar-refractivity contribution in [3.63, 3.8) is 0 Å². The van der Waals surface area contributed by atoms with Crippen molar-refractivity contribution in [2.45, 2.75) is 27.2 Å². The molecule has 8 heteroatoms. The second-order valence-corrected chi connectivity index (χ2v) is 8.07. The first-order chi connectivity index (χ1) is 14.8. The number of benzene rings is 2. The molecule has 1 heterocycles. The van der Waals surface area contributed by atoms with Crippen LogP contribution in [0.4, 0.5) is 5.69 Å². The number of halogens is 2. The Bertz CT molecular complexity index is 1100. The van der Waals surface area contributed by atoms with E-state index in [2.05, 4.69) is 10.4 Å². The van der Waals surface area contributed by atoms with Crippen molar-refractivity contribution >= 4 is 34.8 Å². The summed E-state index contributed by atoms with van der Waals surface area (Å²) in [6.07, 6.45) is 0.175. The lowest BCUT2D eigenvalue weighted by Crippen LogP contribution is -2.16. The van der Waals surface area contributed by atoms with E-state index in [9.17, 15) is 4.79 Å². The quantitative estimate of drug-likeness (QED) is 0.461. The highest BCUT2D eigenvalue weighted by Gasteiger charge is 2.18. The molecule has 0 aliphatic carbocycles. The van der Waals surface area contributed by atoms with Crippen molar-refractivity contribution in [2.24, 2.45) is 0 Å². The molecule has 3 rings (SSSR count). The summed E-state index contributed by atoms with van der Waals surface area (Å²) in [5, 5.41) is 8.58. The first-order valence-corrected chi connectivity index (χ1v) is 10.6. The van der Waals surface area contributed by atoms with Gasteiger partial charge in [0.1, 0.15) is 12.4 Å². The smallest absolute Gasteiger partial charge is 0.229 e. The summed E-state index contributed by atoms with van der Waals surface area (Å²) in [5.41, 5.74) is 4.83. The predicted molar refractivity (Wildman–Crippen MR) is 124 cm³/mol. The molecule has 0 aliphatic heterocycles. The molecule has 0 bridgehead atoms. The van der Waals surface area contributed by atoms with Gasteiger partial charge in [0.2, 0.25) is 5.91 Å². The zero-order chi connectivity index (χ0) is 22.5. The second kappa shape index (κ2) is 10.2. The maximum absolute atomic E-state index is 12.8. The number of aryl methyl sites for hydroxylation is 2. The lowest BCUT2D eigenvalue weighted by molar-refractivity contribution is -0.115. The third-order valence-electron chi connectivity index (χ3n) is 4.87. The van der Waals surface area contributed by atoms with E-state index in [0.717, 1.165) is 22.5 Å². The Balaban J connectivity index is 1.80. The minimum atomic E-state index is -0.159. The van der Waals surface area contributed by atoms with E-state index in [1.165, 1.54) is 0 Å². The SMILES string of the molecule is COCCOc1cc(C)ccc1NC(=O)Cc1c(C)nn(-c2ccc(Cl)cc2Cl)c1C. The van der Waals surface area contributed by atoms with Crippen LogP contribution in [0.1, 0.15) is 22.5 Å². The highest BCUT2D eigenvalue weighted by atomic mass is 35.5. The summed E-state index contributed by atoms with van der Waals surface area (Å²) < 4.78 is 12.5. The summed E-state index contributed by atoms with van der Waals surface area (Å²) in [5.74, 6) is 0.455. The molecule has 6 nitrogen and oxygen atoms in total. The number of hydrogen-bond acceptors (Lipinski definition) is 4. The number of anilines is 1. The summed E-state index contributed by atoms with van der Waals surface area (Å²) in [4.78, 5) is 12.8. The van der Waals surface area contributed by atoms with E-state index in [0.29, 0.717) is 40.4 Å². The Hall–Kier alpha value is -2.54. The number of nitrogens with one attached hydrogen (secondary N) is 1. The average Bonchev–Trinajstić information content (AvgIpc) is 2.98. The minimum absolute atomic E-state index is 0.159. The van der Waals surface area contributed by atoms with Gasteiger partial charge >= 0.3 is 0 Å². The third kappa shape index (κ3) is 5.58. The fourth-order valence-electron chi connectivity index (χ4n) is 3.26. The van der Waals surface area contributed by atoms with Crippen molar-refractivity contribution in [1.82, 2.24) is 9.78 Å². The minimum Gasteiger partial charge on any atom is -0.489 e. The molecule has 0 saturated carbocycles. The number of aromatic nitrogens is 2. The second-order valence-electron chi connectivity index (χ2n) is 7.22. The normalized spacial score (nSPS) is 10.9. The molecule has 31 heavy (non-hydrogen) atoms. The van der Waals surface area contributed by atoms with Gasteiger partial charge in [0.05, 0.1) is 35.1 Å². The third-order valence-corrected chi connectivity index (χ3v) is 5.41. The van der Waals surface area contributed by atoms with Gasteiger partial charge in [0, 0.05) is 23.4 Å². The van der Waals surface area contributed by atoms with E-state index in [4.69, 9.17) is 32.7 Å². The van der Waals surface area contributed by atoms with Crippen molar-refractivity contribution < 1.29 is 14.3 Å². The Kier molecular flexibility index (Phi) is 7.59. The van der Waals surface area contributed by atoms with Gasteiger partial charge in [0.25, 0.3) is 0 Å². The van der Waals surface area contributed by atoms with Crippen LogP contribution in [0, 0.1) is 20.8 Å². The Labute approximate surface area is 192 Å². The number of methoxy groups -OCH3 is 1. The number of rotatable bonds is 8. The van der Waals surface area contributed by atoms with Crippen LogP contribution in [0.25, 0.3) is 5.69 Å². The number of amides is 1. The number of carbonyl (C=O) groups is 1. The van der Waals surface area contributed by atoms with Crippen LogP contribution in [0.15, 0.2) is 36.4 Å². The molecular weight excluding hydrogens is 437 g/mol. The molecule has 0 aliphatic rings. The average molecular weight is 462 g/mol. The molecule has 0 saturated heterocycles. The Morgan fingerprint density at radius 3 is 2.58 bits per heavy atom. The molecule has 0 radical (unpaired) electrons. The van der Waals surface area contributed by atoms with Crippen LogP contribution in [0.2, 0.25) is 10.0 Å². The van der Waals surface area contributed by atoms with Crippen molar-refractivity contribution in [2.75, 3.05) is 25.6 Å². The molecule has 1 aromatic heterocycles. The monoisotopic (exact) mass is 461 g/mol. The van der Waals surface area contributed by atoms with Crippen molar-refractivity contribution in [3.8, 4) is 11.4 Å². The fraction of sp³-hybridized carbons (Fsp3) is 0.304. The molecule has 2 aromatic carbocycles. The van der Waals surface area contributed by atoms with Crippen LogP contribution in [0.5, 0.6) is 5.75 Å². The van der Waals surface area contributed by atoms with Crippen LogP contribution < -0.4 is 10.1 Å². The summed E-state index contributed by atoms with van der Waals surface area (Å²) in [7, 11) is 1.62. The van der Waals surface area contributed by atoms with E-state index in [1.807, 2.05) is 45.0 Å². The molecule has 1 amide bonds. The van der Waals surface area contributed by atoms with Crippen LogP contribution in [-0.2, 0) is 16.0 Å². The topological polar surface area (TPSA) is 65.4 Å². The van der Waals surface area contributed by atoms with Gasteiger partial charge in [-0.1, -0.05) is 29.3 Å². The maximum atomic E-state index is 12.8. The van der Waals surface area contributed by atoms with Crippen LogP contribution in [-0.4, -0.2) is 36.0 Å². The maximum Gasteiger partial charge on any atom is 0.229 e. The zero-order valence-electron chi connectivity index (χ0n) is 18.0. The predicted octanol–water partition coefficient (Wildman–Crippen LogP) is 5.31. The molecule has 0 spiro atoms. The highest BCUT2D eigenvalue weighted by molar-refractivity contribution is 6.35. The van der Waals surface area contributed by atoms with Gasteiger partial charge in [-0.2, -0.15) is 5.10 Å². The molecular formula is C23H25Cl2N3O3. The molecule has 164 valence electrons. The van der Waals surface area contributed by atoms with Gasteiger partial charge in [-0.15, -0.1) is 0 Å². The van der Waals surface area contributed by atoms with Gasteiger partial charge in [0.15, 0.2) is 0 Å². The number of hydrogen-bond donors (Lipinski definition) is 1. The van der Waals surface area contributed by atoms with Gasteiger partial charge in [-0.25, -0.2) is 4.68 Å². The van der Waals surface area contributed by atoms with Gasteiger partial charge < -0.3 is 14.8 Å². The van der Waals surface area contributed by atoms with Gasteiger partial charge in [-0.05, 0) is 56.7 Å². The molecule has 0 unspecified atom stereocenters. The van der Waals surface area contributed by atoms with E-state index in [1.54, 1.807) is 23.9 Å². The summed E-state index contributed by atoms with van der Waals surface area (Å²) >= 11 is 12.4. The fourth-order valence-corrected chi connectivity index (χ4v) is 3.75. The molecule has 0 atom stereocenters. The highest BCUT2D eigenvalue weighted by Crippen LogP contribution is 2.28. The lowest BCUT2D eigenvalue weighted by atomic mass is 10.1. The van der Waals surface area contributed by atoms with E-state index < -0.39 is 0 Å². The largest absolute Gasteiger partial charge is 0.489 e. The van der Waals surface area contributed by atoms with Crippen molar-refractivity contribution in [3.05, 3.63) is 69.0 Å². The number of nitrogens with zero attached hydrogens (tertiary/aromatic N) is 2. The standard InChI is InChI=1S/C23H25Cl2N3O3/c1-14-5-7-20(22(11-14)31-10-9-30-4)26-23(29)13-18-15(2)27-28(16(18)3)21-8-6-17(24)12-19(21)25/h5-8,11-12H,9-10,13H2,1-4H3,(H,26,29). The number of carbonyl (C=O) groups excluding carboxylic acids is 1.